The van der Waals surface area contributed by atoms with E-state index in [9.17, 15) is 44.1 Å². The number of benzene rings is 3. The quantitative estimate of drug-likeness (QED) is 0.0935. The van der Waals surface area contributed by atoms with E-state index in [0.29, 0.717) is 11.0 Å². The molecule has 0 spiro atoms. The van der Waals surface area contributed by atoms with Gasteiger partial charge in [-0.25, -0.2) is 17.6 Å². The molecule has 0 saturated heterocycles. The van der Waals surface area contributed by atoms with E-state index in [0.717, 1.165) is 33.7 Å². The molecule has 0 fully saturated rings. The molecular weight excluding hydrogens is 618 g/mol. The zero-order valence-electron chi connectivity index (χ0n) is 23.6. The molecule has 1 atom stereocenters. The molecule has 3 aromatic carbocycles. The third-order valence-corrected chi connectivity index (χ3v) is 6.02. The number of para-hydroxylation sites is 2. The molecule has 0 aliphatic rings. The van der Waals surface area contributed by atoms with Crippen molar-refractivity contribution >= 4 is 27.7 Å². The summed E-state index contributed by atoms with van der Waals surface area (Å²) in [5.41, 5.74) is 3.80. The standard InChI is InChI=1S/C10H10F3N2.C9H9F3O.C8H8O.CH4O4S.CH4/c1-14-7-5-3-4-6-8(7)15(2)9(14)10(11,12)13;1-6-2-4-7(5-3-6)8(13)9(10,11)12;1-7-2-4-8(6-9)5-3-7;1-5-6(2,3)4;/h3-6H,1-2H3;2-5,8,13H,1H3;2-6H,1H3;1H3,(H,2,3,4);1H4/q+1;;;;/p-1. The highest BCUT2D eigenvalue weighted by Gasteiger charge is 2.45. The minimum atomic E-state index is -4.59. The predicted octanol–water partition coefficient (Wildman–Crippen LogP) is 6.15. The minimum Gasteiger partial charge on any atom is -0.726 e. The normalized spacial score (nSPS) is 11.8. The third-order valence-electron chi connectivity index (χ3n) is 5.61. The number of aliphatic hydroxyl groups is 1. The molecule has 1 aromatic heterocycles. The van der Waals surface area contributed by atoms with Gasteiger partial charge in [0.25, 0.3) is 0 Å². The maximum absolute atomic E-state index is 12.7. The van der Waals surface area contributed by atoms with E-state index in [-0.39, 0.29) is 13.0 Å². The van der Waals surface area contributed by atoms with Gasteiger partial charge in [-0.2, -0.15) is 26.3 Å². The molecule has 0 amide bonds. The molecule has 0 aliphatic carbocycles. The first-order valence-corrected chi connectivity index (χ1v) is 13.4. The van der Waals surface area contributed by atoms with Gasteiger partial charge < -0.3 is 9.66 Å². The van der Waals surface area contributed by atoms with Gasteiger partial charge >= 0.3 is 18.2 Å². The van der Waals surface area contributed by atoms with Crippen LogP contribution in [0.15, 0.2) is 72.8 Å². The van der Waals surface area contributed by atoms with Crippen molar-refractivity contribution in [3.05, 3.63) is 101 Å². The van der Waals surface area contributed by atoms with Gasteiger partial charge in [-0.15, -0.1) is 0 Å². The Morgan fingerprint density at radius 1 is 0.909 bits per heavy atom. The van der Waals surface area contributed by atoms with Crippen LogP contribution in [0.2, 0.25) is 0 Å². The highest BCUT2D eigenvalue weighted by molar-refractivity contribution is 7.80. The van der Waals surface area contributed by atoms with E-state index in [1.165, 1.54) is 43.9 Å². The van der Waals surface area contributed by atoms with Gasteiger partial charge in [-0.1, -0.05) is 79.2 Å². The molecule has 4 aromatic rings. The zero-order chi connectivity index (χ0) is 33.2. The summed E-state index contributed by atoms with van der Waals surface area (Å²) < 4.78 is 107. The van der Waals surface area contributed by atoms with Crippen LogP contribution in [0.3, 0.4) is 0 Å². The average molecular weight is 653 g/mol. The van der Waals surface area contributed by atoms with Gasteiger partial charge in [0.2, 0.25) is 10.4 Å². The molecule has 0 radical (unpaired) electrons. The van der Waals surface area contributed by atoms with E-state index in [2.05, 4.69) is 4.18 Å². The number of aromatic nitrogens is 2. The summed E-state index contributed by atoms with van der Waals surface area (Å²) in [6.45, 7) is 3.76. The number of halogens is 6. The van der Waals surface area contributed by atoms with Crippen molar-refractivity contribution in [2.45, 2.75) is 39.7 Å². The number of fused-ring (bicyclic) bond motifs is 1. The molecular formula is C29H34F6N2O6S. The van der Waals surface area contributed by atoms with Crippen molar-refractivity contribution in [2.24, 2.45) is 14.1 Å². The molecule has 15 heteroatoms. The van der Waals surface area contributed by atoms with Gasteiger partial charge in [-0.3, -0.25) is 8.98 Å². The van der Waals surface area contributed by atoms with Crippen LogP contribution in [0.1, 0.15) is 46.4 Å². The number of hydrogen-bond donors (Lipinski definition) is 1. The van der Waals surface area contributed by atoms with Crippen LogP contribution < -0.4 is 4.57 Å². The lowest BCUT2D eigenvalue weighted by Gasteiger charge is -2.14. The SMILES string of the molecule is C.COS(=O)(=O)[O-].Cc1ccc(C(O)C(F)(F)F)cc1.Cc1ccc(C=O)cc1.Cn1c(C(F)(F)F)[n+](C)c2ccccc21. The number of rotatable bonds is 3. The Hall–Kier alpha value is -3.79. The predicted molar refractivity (Wildman–Crippen MR) is 151 cm³/mol. The highest BCUT2D eigenvalue weighted by atomic mass is 32.3. The molecule has 1 unspecified atom stereocenters. The molecule has 0 aliphatic heterocycles. The largest absolute Gasteiger partial charge is 0.726 e. The highest BCUT2D eigenvalue weighted by Crippen LogP contribution is 2.32. The van der Waals surface area contributed by atoms with E-state index in [1.807, 2.05) is 31.2 Å². The molecule has 0 saturated carbocycles. The van der Waals surface area contributed by atoms with Gasteiger partial charge in [0, 0.05) is 5.56 Å². The number of imidazole rings is 1. The Kier molecular flexibility index (Phi) is 15.4. The Morgan fingerprint density at radius 3 is 1.70 bits per heavy atom. The van der Waals surface area contributed by atoms with Crippen molar-refractivity contribution in [3.63, 3.8) is 0 Å². The van der Waals surface area contributed by atoms with Crippen molar-refractivity contribution in [1.29, 1.82) is 0 Å². The molecule has 44 heavy (non-hydrogen) atoms. The van der Waals surface area contributed by atoms with E-state index in [1.54, 1.807) is 31.2 Å². The number of aliphatic hydroxyl groups excluding tert-OH is 1. The van der Waals surface area contributed by atoms with E-state index < -0.39 is 34.7 Å². The number of carbonyl (C=O) groups is 1. The summed E-state index contributed by atoms with van der Waals surface area (Å²) >= 11 is 0. The number of carbonyl (C=O) groups excluding carboxylic acids is 1. The summed E-state index contributed by atoms with van der Waals surface area (Å²) in [6, 6.07) is 19.9. The lowest BCUT2D eigenvalue weighted by molar-refractivity contribution is -0.667. The second-order valence-electron chi connectivity index (χ2n) is 8.89. The lowest BCUT2D eigenvalue weighted by Crippen LogP contribution is -2.37. The number of aldehydes is 1. The summed E-state index contributed by atoms with van der Waals surface area (Å²) in [6.07, 6.45) is -10.5. The van der Waals surface area contributed by atoms with Crippen LogP contribution in [0.5, 0.6) is 0 Å². The van der Waals surface area contributed by atoms with Crippen molar-refractivity contribution in [1.82, 2.24) is 4.57 Å². The zero-order valence-corrected chi connectivity index (χ0v) is 24.5. The van der Waals surface area contributed by atoms with Gasteiger partial charge in [-0.05, 0) is 31.5 Å². The number of nitrogens with zero attached hydrogens (tertiary/aromatic N) is 2. The maximum Gasteiger partial charge on any atom is 0.495 e. The second kappa shape index (κ2) is 16.9. The smallest absolute Gasteiger partial charge is 0.495 e. The van der Waals surface area contributed by atoms with E-state index in [4.69, 9.17) is 5.11 Å². The second-order valence-corrected chi connectivity index (χ2v) is 10.0. The van der Waals surface area contributed by atoms with Crippen LogP contribution in [0.25, 0.3) is 11.0 Å². The fourth-order valence-electron chi connectivity index (χ4n) is 3.45. The first-order chi connectivity index (χ1) is 19.7. The molecule has 4 rings (SSSR count). The topological polar surface area (TPSA) is 113 Å². The minimum absolute atomic E-state index is 0. The molecule has 244 valence electrons. The average Bonchev–Trinajstić information content (AvgIpc) is 3.19. The summed E-state index contributed by atoms with van der Waals surface area (Å²) in [5, 5.41) is 8.82. The Labute approximate surface area is 252 Å². The number of hydrogen-bond acceptors (Lipinski definition) is 6. The van der Waals surface area contributed by atoms with Crippen LogP contribution in [0, 0.1) is 13.8 Å². The van der Waals surface area contributed by atoms with Crippen LogP contribution >= 0.6 is 0 Å². The van der Waals surface area contributed by atoms with Crippen molar-refractivity contribution in [3.8, 4) is 0 Å². The Bertz CT molecular complexity index is 1530. The Morgan fingerprint density at radius 2 is 1.34 bits per heavy atom. The first kappa shape index (κ1) is 40.2. The Balaban J connectivity index is 0.000000585. The van der Waals surface area contributed by atoms with Crippen molar-refractivity contribution < 1.29 is 58.0 Å². The lowest BCUT2D eigenvalue weighted by atomic mass is 10.1. The molecule has 1 heterocycles. The number of aryl methyl sites for hydroxylation is 4. The van der Waals surface area contributed by atoms with E-state index >= 15 is 0 Å². The third kappa shape index (κ3) is 12.8. The van der Waals surface area contributed by atoms with Crippen LogP contribution in [-0.4, -0.2) is 42.2 Å². The maximum atomic E-state index is 12.7. The van der Waals surface area contributed by atoms with Crippen LogP contribution in [0.4, 0.5) is 26.3 Å². The first-order valence-electron chi connectivity index (χ1n) is 12.1. The summed E-state index contributed by atoms with van der Waals surface area (Å²) in [7, 11) is -0.761. The molecule has 8 nitrogen and oxygen atoms in total. The summed E-state index contributed by atoms with van der Waals surface area (Å²) in [5.74, 6) is -0.649. The summed E-state index contributed by atoms with van der Waals surface area (Å²) in [4.78, 5) is 10.1. The van der Waals surface area contributed by atoms with Crippen molar-refractivity contribution in [2.75, 3.05) is 7.11 Å². The molecule has 1 N–H and O–H groups in total. The number of alkyl halides is 6. The molecule has 0 bridgehead atoms. The van der Waals surface area contributed by atoms with Crippen LogP contribution in [-0.2, 0) is 34.9 Å². The van der Waals surface area contributed by atoms with Gasteiger partial charge in [0.05, 0.1) is 21.2 Å². The van der Waals surface area contributed by atoms with Gasteiger partial charge in [0.15, 0.2) is 17.1 Å². The fraction of sp³-hybridized carbons (Fsp3) is 0.310. The fourth-order valence-corrected chi connectivity index (χ4v) is 3.45. The van der Waals surface area contributed by atoms with Gasteiger partial charge in [0.1, 0.15) is 6.29 Å². The monoisotopic (exact) mass is 652 g/mol.